The molecule has 0 saturated heterocycles. The second-order valence-corrected chi connectivity index (χ2v) is 6.34. The summed E-state index contributed by atoms with van der Waals surface area (Å²) in [5.41, 5.74) is 0.341. The second-order valence-electron chi connectivity index (χ2n) is 4.07. The zero-order valence-electron chi connectivity index (χ0n) is 10.7. The Bertz CT molecular complexity index is 714. The second kappa shape index (κ2) is 7.39. The average Bonchev–Trinajstić information content (AvgIpc) is 2.42. The third-order valence-corrected chi connectivity index (χ3v) is 4.53. The molecule has 0 fully saturated rings. The van der Waals surface area contributed by atoms with Crippen LogP contribution in [0.2, 0.25) is 5.02 Å². The summed E-state index contributed by atoms with van der Waals surface area (Å²) in [6.07, 6.45) is 0. The maximum atomic E-state index is 13.0. The lowest BCUT2D eigenvalue weighted by Crippen LogP contribution is -2.13. The van der Waals surface area contributed by atoms with Gasteiger partial charge in [-0.2, -0.15) is 8.78 Å². The van der Waals surface area contributed by atoms with E-state index in [0.29, 0.717) is 0 Å². The lowest BCUT2D eigenvalue weighted by Gasteiger charge is -2.12. The van der Waals surface area contributed by atoms with Gasteiger partial charge in [-0.15, -0.1) is 0 Å². The molecular weight excluding hydrogens is 403 g/mol. The molecule has 0 aliphatic heterocycles. The number of amides is 1. The molecule has 0 aliphatic rings. The molecule has 0 radical (unpaired) electrons. The average molecular weight is 411 g/mol. The Labute approximate surface area is 142 Å². The van der Waals surface area contributed by atoms with Gasteiger partial charge in [-0.25, -0.2) is 4.39 Å². The van der Waals surface area contributed by atoms with Crippen molar-refractivity contribution in [2.75, 3.05) is 5.32 Å². The Morgan fingerprint density at radius 3 is 2.64 bits per heavy atom. The van der Waals surface area contributed by atoms with Crippen LogP contribution in [0.4, 0.5) is 18.9 Å². The van der Waals surface area contributed by atoms with Crippen LogP contribution >= 0.6 is 39.3 Å². The summed E-state index contributed by atoms with van der Waals surface area (Å²) in [7, 11) is 0. The Morgan fingerprint density at radius 2 is 2.00 bits per heavy atom. The van der Waals surface area contributed by atoms with Gasteiger partial charge in [0, 0.05) is 4.47 Å². The summed E-state index contributed by atoms with van der Waals surface area (Å²) in [6.45, 7) is 0. The smallest absolute Gasteiger partial charge is 0.289 e. The molecule has 2 rings (SSSR count). The highest BCUT2D eigenvalue weighted by molar-refractivity contribution is 9.10. The van der Waals surface area contributed by atoms with Gasteiger partial charge in [0.15, 0.2) is 0 Å². The molecule has 2 nitrogen and oxygen atoms in total. The highest BCUT2D eigenvalue weighted by Gasteiger charge is 2.17. The van der Waals surface area contributed by atoms with Gasteiger partial charge < -0.3 is 5.32 Å². The van der Waals surface area contributed by atoms with Crippen LogP contribution in [0.3, 0.4) is 0 Å². The first-order valence-corrected chi connectivity index (χ1v) is 7.93. The maximum absolute atomic E-state index is 13.0. The fraction of sp³-hybridized carbons (Fsp3) is 0.0714. The van der Waals surface area contributed by atoms with Crippen LogP contribution in [-0.4, -0.2) is 11.7 Å². The van der Waals surface area contributed by atoms with Crippen molar-refractivity contribution < 1.29 is 18.0 Å². The minimum absolute atomic E-state index is 0.0748. The first-order chi connectivity index (χ1) is 10.4. The van der Waals surface area contributed by atoms with Crippen molar-refractivity contribution in [3.63, 3.8) is 0 Å². The van der Waals surface area contributed by atoms with E-state index >= 15 is 0 Å². The number of halogens is 5. The molecule has 0 aromatic heterocycles. The summed E-state index contributed by atoms with van der Waals surface area (Å²) in [5.74, 6) is -3.74. The summed E-state index contributed by atoms with van der Waals surface area (Å²) in [6, 6.07) is 8.02. The maximum Gasteiger partial charge on any atom is 0.289 e. The molecule has 2 aromatic rings. The predicted octanol–water partition coefficient (Wildman–Crippen LogP) is 5.81. The van der Waals surface area contributed by atoms with Crippen LogP contribution in [0.15, 0.2) is 45.8 Å². The van der Waals surface area contributed by atoms with E-state index in [4.69, 9.17) is 11.6 Å². The number of nitrogens with one attached hydrogen (secondary N) is 1. The van der Waals surface area contributed by atoms with Crippen LogP contribution in [-0.2, 0) is 0 Å². The molecule has 8 heteroatoms. The SMILES string of the molecule is O=C(Nc1cccc(Cl)c1SC(F)F)c1ccc(F)cc1Br. The van der Waals surface area contributed by atoms with Crippen molar-refractivity contribution in [3.05, 3.63) is 57.3 Å². The number of thioether (sulfide) groups is 1. The van der Waals surface area contributed by atoms with Crippen LogP contribution in [0.25, 0.3) is 0 Å². The Hall–Kier alpha value is -1.18. The van der Waals surface area contributed by atoms with E-state index in [9.17, 15) is 18.0 Å². The predicted molar refractivity (Wildman–Crippen MR) is 85.4 cm³/mol. The van der Waals surface area contributed by atoms with Crippen molar-refractivity contribution >= 4 is 50.9 Å². The largest absolute Gasteiger partial charge is 0.321 e. The molecule has 0 saturated carbocycles. The number of carbonyl (C=O) groups is 1. The van der Waals surface area contributed by atoms with E-state index in [1.165, 1.54) is 24.3 Å². The molecule has 22 heavy (non-hydrogen) atoms. The Balaban J connectivity index is 2.30. The van der Waals surface area contributed by atoms with E-state index < -0.39 is 17.5 Å². The van der Waals surface area contributed by atoms with Crippen LogP contribution < -0.4 is 5.32 Å². The van der Waals surface area contributed by atoms with Crippen molar-refractivity contribution in [1.82, 2.24) is 0 Å². The minimum atomic E-state index is -2.67. The summed E-state index contributed by atoms with van der Waals surface area (Å²) in [4.78, 5) is 12.3. The Kier molecular flexibility index (Phi) is 5.77. The van der Waals surface area contributed by atoms with Gasteiger partial charge in [0.05, 0.1) is 21.2 Å². The molecule has 0 bridgehead atoms. The molecule has 1 amide bonds. The molecule has 116 valence electrons. The van der Waals surface area contributed by atoms with Crippen LogP contribution in [0.1, 0.15) is 10.4 Å². The van der Waals surface area contributed by atoms with E-state index in [1.807, 2.05) is 0 Å². The fourth-order valence-electron chi connectivity index (χ4n) is 1.68. The Morgan fingerprint density at radius 1 is 1.27 bits per heavy atom. The highest BCUT2D eigenvalue weighted by Crippen LogP contribution is 2.37. The fourth-order valence-corrected chi connectivity index (χ4v) is 3.12. The molecule has 0 atom stereocenters. The quantitative estimate of drug-likeness (QED) is 0.645. The number of alkyl halides is 2. The summed E-state index contributed by atoms with van der Waals surface area (Å²) >= 11 is 9.22. The van der Waals surface area contributed by atoms with Crippen molar-refractivity contribution in [2.24, 2.45) is 0 Å². The minimum Gasteiger partial charge on any atom is -0.321 e. The lowest BCUT2D eigenvalue weighted by atomic mass is 10.2. The van der Waals surface area contributed by atoms with Crippen LogP contribution in [0.5, 0.6) is 0 Å². The highest BCUT2D eigenvalue weighted by atomic mass is 79.9. The number of rotatable bonds is 4. The van der Waals surface area contributed by atoms with Gasteiger partial charge in [0.1, 0.15) is 5.82 Å². The first-order valence-electron chi connectivity index (χ1n) is 5.88. The molecule has 0 heterocycles. The zero-order chi connectivity index (χ0) is 16.3. The van der Waals surface area contributed by atoms with Crippen LogP contribution in [0, 0.1) is 5.82 Å². The number of benzene rings is 2. The number of anilines is 1. The lowest BCUT2D eigenvalue weighted by molar-refractivity contribution is 0.102. The van der Waals surface area contributed by atoms with Gasteiger partial charge >= 0.3 is 0 Å². The van der Waals surface area contributed by atoms with Crippen molar-refractivity contribution in [1.29, 1.82) is 0 Å². The number of hydrogen-bond donors (Lipinski definition) is 1. The van der Waals surface area contributed by atoms with Gasteiger partial charge in [0.2, 0.25) is 0 Å². The van der Waals surface area contributed by atoms with Crippen molar-refractivity contribution in [2.45, 2.75) is 10.7 Å². The summed E-state index contributed by atoms with van der Waals surface area (Å²) in [5, 5.41) is 2.62. The van der Waals surface area contributed by atoms with Gasteiger partial charge in [0.25, 0.3) is 11.7 Å². The zero-order valence-corrected chi connectivity index (χ0v) is 13.9. The molecule has 0 unspecified atom stereocenters. The van der Waals surface area contributed by atoms with Gasteiger partial charge in [-0.05, 0) is 46.3 Å². The third-order valence-electron chi connectivity index (χ3n) is 2.60. The summed E-state index contributed by atoms with van der Waals surface area (Å²) < 4.78 is 38.5. The van der Waals surface area contributed by atoms with Gasteiger partial charge in [-0.3, -0.25) is 4.79 Å². The van der Waals surface area contributed by atoms with E-state index in [1.54, 1.807) is 0 Å². The van der Waals surface area contributed by atoms with E-state index in [2.05, 4.69) is 21.2 Å². The topological polar surface area (TPSA) is 29.1 Å². The van der Waals surface area contributed by atoms with Gasteiger partial charge in [-0.1, -0.05) is 29.4 Å². The third kappa shape index (κ3) is 4.18. The molecular formula is C14H8BrClF3NOS. The molecule has 0 spiro atoms. The molecule has 1 N–H and O–H groups in total. The normalized spacial score (nSPS) is 10.8. The monoisotopic (exact) mass is 409 g/mol. The number of hydrogen-bond acceptors (Lipinski definition) is 2. The van der Waals surface area contributed by atoms with E-state index in [-0.39, 0.29) is 37.4 Å². The molecule has 2 aromatic carbocycles. The molecule has 0 aliphatic carbocycles. The first kappa shape index (κ1) is 17.2. The van der Waals surface area contributed by atoms with Crippen molar-refractivity contribution in [3.8, 4) is 0 Å². The number of carbonyl (C=O) groups excluding carboxylic acids is 1. The van der Waals surface area contributed by atoms with E-state index in [0.717, 1.165) is 12.1 Å². The standard InChI is InChI=1S/C14H8BrClF3NOS/c15-9-6-7(17)4-5-8(9)13(21)20-11-3-1-2-10(16)12(11)22-14(18)19/h1-6,14H,(H,20,21).